The lowest BCUT2D eigenvalue weighted by Gasteiger charge is -2.52. The monoisotopic (exact) mass is 1100 g/mol. The van der Waals surface area contributed by atoms with Crippen molar-refractivity contribution in [3.8, 4) is 0 Å². The molecule has 2 aliphatic heterocycles. The van der Waals surface area contributed by atoms with E-state index >= 15 is 0 Å². The summed E-state index contributed by atoms with van der Waals surface area (Å²) in [5.41, 5.74) is -7.85. The molecular formula is C43H62N4O23S3. The molecule has 11 N–H and O–H groups in total. The number of aliphatic hydroxyl groups excluding tert-OH is 2. The van der Waals surface area contributed by atoms with Gasteiger partial charge in [0, 0.05) is 51.1 Å². The van der Waals surface area contributed by atoms with E-state index in [9.17, 15) is 78.9 Å². The van der Waals surface area contributed by atoms with E-state index in [1.165, 1.54) is 27.9 Å². The van der Waals surface area contributed by atoms with Crippen LogP contribution in [0, 0.1) is 11.3 Å². The number of amides is 2. The molecule has 2 saturated heterocycles. The van der Waals surface area contributed by atoms with Gasteiger partial charge in [0.15, 0.2) is 29.4 Å². The van der Waals surface area contributed by atoms with Crippen LogP contribution < -0.4 is 16.0 Å². The SMILES string of the molecule is CO[C@H]1C[C@@H](O[C@H]2[C@@H](O)[C@H]([C@@]3(O)CC(=O)C(=N)C(C(=O)O)=C3O)O[C@H](COC(C)=O)[C@H]2OC(=O)[C@H](NC(=S)SC[C@H](NC(C)=O)C(=O)O)[C@H](C)SC[C@H](NC(C)=O)C(=O)O)O[C@@H](C)[C@]1(O)[C@H](C)OC(=O)C(C)C. The van der Waals surface area contributed by atoms with E-state index in [0.717, 1.165) is 32.5 Å². The molecule has 73 heavy (non-hydrogen) atoms. The second kappa shape index (κ2) is 26.4. The Kier molecular flexibility index (Phi) is 22.5. The molecule has 27 nitrogen and oxygen atoms in total. The summed E-state index contributed by atoms with van der Waals surface area (Å²) in [4.78, 5) is 112. The van der Waals surface area contributed by atoms with Crippen LogP contribution in [-0.4, -0.2) is 214 Å². The molecule has 410 valence electrons. The van der Waals surface area contributed by atoms with Crippen LogP contribution in [0.25, 0.3) is 0 Å². The fourth-order valence-corrected chi connectivity index (χ4v) is 10.1. The molecular weight excluding hydrogens is 1040 g/mol. The zero-order valence-electron chi connectivity index (χ0n) is 41.0. The molecule has 1 aliphatic carbocycles. The van der Waals surface area contributed by atoms with Crippen molar-refractivity contribution in [3.63, 3.8) is 0 Å². The first kappa shape index (κ1) is 62.2. The number of methoxy groups -OCH3 is 1. The normalized spacial score (nSPS) is 29.4. The summed E-state index contributed by atoms with van der Waals surface area (Å²) in [5, 5.41) is 91.2. The number of carboxylic acid groups (broad SMARTS) is 3. The van der Waals surface area contributed by atoms with E-state index in [1.54, 1.807) is 13.8 Å². The number of thiocarbonyl (C=S) groups is 1. The number of Topliss-reactive ketones (excluding diaryl/α,β-unsaturated/α-hetero) is 1. The summed E-state index contributed by atoms with van der Waals surface area (Å²) >= 11 is 6.90. The largest absolute Gasteiger partial charge is 0.508 e. The number of rotatable bonds is 23. The quantitative estimate of drug-likeness (QED) is 0.0310. The molecule has 3 aliphatic rings. The lowest BCUT2D eigenvalue weighted by atomic mass is 9.74. The average molecular weight is 1100 g/mol. The van der Waals surface area contributed by atoms with Crippen molar-refractivity contribution in [2.75, 3.05) is 25.2 Å². The standard InChI is InChI=1S/C43H62N4O23S3/c1-15(2)39(60)67-18(5)43(63)17(4)66-27(10-26(43)64-9)69-33-31(52)35(42(62)11-24(51)29(44)28(34(42)53)38(58)59)68-25(12-65-21(8)50)32(33)70-40(61)30(16(3)72-13-22(36(54)55)45-19(6)48)47-41(71)73-14-23(37(56)57)46-20(7)49/h15-18,22-23,25-27,30-33,35,44,52-53,62-63H,10-14H2,1-9H3,(H,45,48)(H,46,49)(H,47,71)(H,54,55)(H,56,57)(H,58,59)/t16-,17-,18-,22-,23-,25+,26-,27+,30+,31+,32+,33-,35+,42+,43-/m0/s1. The first-order chi connectivity index (χ1) is 33.8. The fraction of sp³-hybridized carbons (Fsp3) is 0.698. The highest BCUT2D eigenvalue weighted by atomic mass is 32.2. The van der Waals surface area contributed by atoms with E-state index in [-0.39, 0.29) is 15.8 Å². The van der Waals surface area contributed by atoms with Crippen LogP contribution in [0.2, 0.25) is 0 Å². The van der Waals surface area contributed by atoms with Crippen molar-refractivity contribution in [2.45, 2.75) is 158 Å². The lowest BCUT2D eigenvalue weighted by Crippen LogP contribution is -2.70. The molecule has 2 fully saturated rings. The Morgan fingerprint density at radius 3 is 1.97 bits per heavy atom. The molecule has 0 bridgehead atoms. The van der Waals surface area contributed by atoms with Gasteiger partial charge < -0.3 is 84.9 Å². The zero-order chi connectivity index (χ0) is 55.6. The number of hydrogen-bond acceptors (Lipinski definition) is 24. The Morgan fingerprint density at radius 1 is 0.890 bits per heavy atom. The molecule has 0 radical (unpaired) electrons. The number of carbonyl (C=O) groups is 9. The van der Waals surface area contributed by atoms with Crippen LogP contribution in [0.4, 0.5) is 0 Å². The Morgan fingerprint density at radius 2 is 1.47 bits per heavy atom. The van der Waals surface area contributed by atoms with Gasteiger partial charge in [0.1, 0.15) is 76.6 Å². The van der Waals surface area contributed by atoms with Gasteiger partial charge in [0.2, 0.25) is 11.8 Å². The highest BCUT2D eigenvalue weighted by molar-refractivity contribution is 8.23. The van der Waals surface area contributed by atoms with Crippen LogP contribution in [0.5, 0.6) is 0 Å². The third kappa shape index (κ3) is 15.5. The molecule has 30 heteroatoms. The Bertz CT molecular complexity index is 2180. The number of aliphatic carboxylic acids is 3. The molecule has 0 saturated carbocycles. The van der Waals surface area contributed by atoms with Gasteiger partial charge in [-0.2, -0.15) is 11.8 Å². The summed E-state index contributed by atoms with van der Waals surface area (Å²) in [7, 11) is 1.20. The van der Waals surface area contributed by atoms with E-state index < -0.39 is 186 Å². The van der Waals surface area contributed by atoms with Crippen LogP contribution in [0.15, 0.2) is 11.3 Å². The van der Waals surface area contributed by atoms with Gasteiger partial charge in [-0.25, -0.2) is 19.2 Å². The van der Waals surface area contributed by atoms with E-state index in [2.05, 4.69) is 16.0 Å². The van der Waals surface area contributed by atoms with Crippen molar-refractivity contribution in [3.05, 3.63) is 11.3 Å². The number of hydrogen-bond donors (Lipinski definition) is 11. The summed E-state index contributed by atoms with van der Waals surface area (Å²) in [6.07, 6.45) is -18.1. The second-order valence-corrected chi connectivity index (χ2v) is 20.7. The molecule has 0 aromatic rings. The summed E-state index contributed by atoms with van der Waals surface area (Å²) in [6, 6.07) is -4.65. The number of carboxylic acids is 3. The molecule has 0 unspecified atom stereocenters. The Balaban J connectivity index is 2.23. The van der Waals surface area contributed by atoms with Gasteiger partial charge in [-0.1, -0.05) is 44.8 Å². The van der Waals surface area contributed by atoms with Crippen LogP contribution in [0.3, 0.4) is 0 Å². The fourth-order valence-electron chi connectivity index (χ4n) is 7.94. The van der Waals surface area contributed by atoms with Crippen LogP contribution in [0.1, 0.15) is 68.2 Å². The summed E-state index contributed by atoms with van der Waals surface area (Å²) in [5.74, 6) is -13.5. The van der Waals surface area contributed by atoms with Crippen molar-refractivity contribution in [1.82, 2.24) is 16.0 Å². The van der Waals surface area contributed by atoms with Gasteiger partial charge in [-0.05, 0) is 13.8 Å². The molecule has 0 aromatic heterocycles. The third-order valence-electron chi connectivity index (χ3n) is 11.8. The van der Waals surface area contributed by atoms with Crippen LogP contribution in [-0.2, 0) is 76.3 Å². The van der Waals surface area contributed by atoms with Gasteiger partial charge in [0.25, 0.3) is 0 Å². The van der Waals surface area contributed by atoms with Gasteiger partial charge in [-0.3, -0.25) is 29.4 Å². The van der Waals surface area contributed by atoms with Gasteiger partial charge in [0.05, 0.1) is 24.5 Å². The number of nitrogens with one attached hydrogen (secondary N) is 4. The van der Waals surface area contributed by atoms with Gasteiger partial charge >= 0.3 is 35.8 Å². The van der Waals surface area contributed by atoms with E-state index in [0.29, 0.717) is 11.8 Å². The highest BCUT2D eigenvalue weighted by Gasteiger charge is 2.62. The summed E-state index contributed by atoms with van der Waals surface area (Å²) in [6.45, 7) is 9.44. The first-order valence-corrected chi connectivity index (χ1v) is 24.8. The van der Waals surface area contributed by atoms with Crippen molar-refractivity contribution in [1.29, 1.82) is 5.41 Å². The maximum atomic E-state index is 14.7. The number of ether oxygens (including phenoxy) is 7. The molecule has 15 atom stereocenters. The Labute approximate surface area is 431 Å². The topological polar surface area (TPSA) is 420 Å². The average Bonchev–Trinajstić information content (AvgIpc) is 3.28. The van der Waals surface area contributed by atoms with Crippen molar-refractivity contribution in [2.24, 2.45) is 5.92 Å². The van der Waals surface area contributed by atoms with Gasteiger partial charge in [-0.15, -0.1) is 0 Å². The van der Waals surface area contributed by atoms with Crippen molar-refractivity contribution < 1.29 is 112 Å². The minimum absolute atomic E-state index is 0.269. The predicted molar refractivity (Wildman–Crippen MR) is 255 cm³/mol. The van der Waals surface area contributed by atoms with E-state index in [4.69, 9.17) is 50.8 Å². The maximum Gasteiger partial charge on any atom is 0.341 e. The second-order valence-electron chi connectivity index (χ2n) is 17.5. The minimum atomic E-state index is -3.19. The number of esters is 3. The lowest BCUT2D eigenvalue weighted by molar-refractivity contribution is -0.345. The molecule has 0 aromatic carbocycles. The maximum absolute atomic E-state index is 14.7. The van der Waals surface area contributed by atoms with Crippen molar-refractivity contribution >= 4 is 99.2 Å². The molecule has 3 rings (SSSR count). The Hall–Kier alpha value is -5.05. The first-order valence-electron chi connectivity index (χ1n) is 22.3. The predicted octanol–water partition coefficient (Wildman–Crippen LogP) is -1.66. The summed E-state index contributed by atoms with van der Waals surface area (Å²) < 4.78 is 40.6. The highest BCUT2D eigenvalue weighted by Crippen LogP contribution is 2.42. The third-order valence-corrected chi connectivity index (χ3v) is 14.5. The number of carbonyl (C=O) groups excluding carboxylic acids is 6. The number of ketones is 1. The van der Waals surface area contributed by atoms with E-state index in [1.807, 2.05) is 0 Å². The minimum Gasteiger partial charge on any atom is -0.508 e. The van der Waals surface area contributed by atoms with Crippen LogP contribution >= 0.6 is 35.7 Å². The number of aliphatic hydroxyl groups is 4. The molecule has 2 heterocycles. The molecule has 0 spiro atoms. The number of thioether (sulfide) groups is 2. The molecule has 2 amide bonds. The smallest absolute Gasteiger partial charge is 0.341 e. The zero-order valence-corrected chi connectivity index (χ0v) is 43.5.